The summed E-state index contributed by atoms with van der Waals surface area (Å²) in [5.74, 6) is 0.508. The summed E-state index contributed by atoms with van der Waals surface area (Å²) in [5.41, 5.74) is 1.00. The van der Waals surface area contributed by atoms with Crippen LogP contribution in [0, 0.1) is 6.92 Å². The lowest BCUT2D eigenvalue weighted by molar-refractivity contribution is -0.114. The standard InChI is InChI=1S/C15H19N3O3S2/c1-4-18-14(16-17-15(18)22-9-12(3)19)10-23(20,21)13-7-5-11(2)6-8-13/h5-8H,4,9-10H2,1-3H3. The molecule has 2 rings (SSSR count). The van der Waals surface area contributed by atoms with Gasteiger partial charge in [0.15, 0.2) is 15.0 Å². The number of hydrogen-bond acceptors (Lipinski definition) is 6. The minimum absolute atomic E-state index is 0.0366. The van der Waals surface area contributed by atoms with E-state index < -0.39 is 9.84 Å². The van der Waals surface area contributed by atoms with Crippen LogP contribution in [0.2, 0.25) is 0 Å². The summed E-state index contributed by atoms with van der Waals surface area (Å²) in [6, 6.07) is 6.74. The number of nitrogens with zero attached hydrogens (tertiary/aromatic N) is 3. The van der Waals surface area contributed by atoms with E-state index in [0.29, 0.717) is 23.3 Å². The van der Waals surface area contributed by atoms with Crippen LogP contribution in [0.4, 0.5) is 0 Å². The summed E-state index contributed by atoms with van der Waals surface area (Å²) in [6.07, 6.45) is 0. The van der Waals surface area contributed by atoms with Crippen molar-refractivity contribution in [1.29, 1.82) is 0 Å². The van der Waals surface area contributed by atoms with Crippen LogP contribution in [0.25, 0.3) is 0 Å². The number of carbonyl (C=O) groups is 1. The SMILES string of the molecule is CCn1c(CS(=O)(=O)c2ccc(C)cc2)nnc1SCC(C)=O. The normalized spacial score (nSPS) is 11.6. The maximum absolute atomic E-state index is 12.5. The topological polar surface area (TPSA) is 81.9 Å². The first-order valence-electron chi connectivity index (χ1n) is 7.17. The number of sulfone groups is 1. The van der Waals surface area contributed by atoms with E-state index in [2.05, 4.69) is 10.2 Å². The number of aryl methyl sites for hydroxylation is 1. The summed E-state index contributed by atoms with van der Waals surface area (Å²) in [4.78, 5) is 11.4. The van der Waals surface area contributed by atoms with Gasteiger partial charge in [0.25, 0.3) is 0 Å². The fraction of sp³-hybridized carbons (Fsp3) is 0.400. The molecule has 2 aromatic rings. The van der Waals surface area contributed by atoms with Gasteiger partial charge in [0.05, 0.1) is 10.6 Å². The fourth-order valence-corrected chi connectivity index (χ4v) is 4.11. The molecule has 0 atom stereocenters. The lowest BCUT2D eigenvalue weighted by Gasteiger charge is -2.08. The molecule has 0 saturated carbocycles. The first kappa shape index (κ1) is 17.7. The van der Waals surface area contributed by atoms with E-state index in [-0.39, 0.29) is 16.4 Å². The number of benzene rings is 1. The average molecular weight is 353 g/mol. The first-order chi connectivity index (χ1) is 10.8. The van der Waals surface area contributed by atoms with Gasteiger partial charge < -0.3 is 4.57 Å². The Kier molecular flexibility index (Phi) is 5.59. The van der Waals surface area contributed by atoms with Crippen molar-refractivity contribution in [2.24, 2.45) is 0 Å². The average Bonchev–Trinajstić information content (AvgIpc) is 2.86. The Morgan fingerprint density at radius 1 is 1.22 bits per heavy atom. The molecule has 0 spiro atoms. The molecule has 124 valence electrons. The van der Waals surface area contributed by atoms with Gasteiger partial charge in [0, 0.05) is 6.54 Å². The Hall–Kier alpha value is -1.67. The van der Waals surface area contributed by atoms with Crippen LogP contribution in [0.15, 0.2) is 34.3 Å². The van der Waals surface area contributed by atoms with Crippen LogP contribution in [-0.2, 0) is 26.9 Å². The van der Waals surface area contributed by atoms with E-state index in [1.165, 1.54) is 18.7 Å². The van der Waals surface area contributed by atoms with Gasteiger partial charge in [-0.25, -0.2) is 8.42 Å². The molecule has 0 bridgehead atoms. The Labute approximate surface area is 140 Å². The monoisotopic (exact) mass is 353 g/mol. The molecule has 1 aromatic carbocycles. The van der Waals surface area contributed by atoms with Crippen molar-refractivity contribution in [3.05, 3.63) is 35.7 Å². The van der Waals surface area contributed by atoms with Crippen LogP contribution in [0.5, 0.6) is 0 Å². The van der Waals surface area contributed by atoms with Crippen LogP contribution in [0.1, 0.15) is 25.2 Å². The van der Waals surface area contributed by atoms with Gasteiger partial charge in [-0.15, -0.1) is 10.2 Å². The molecule has 0 aliphatic carbocycles. The number of rotatable bonds is 7. The number of carbonyl (C=O) groups excluding carboxylic acids is 1. The van der Waals surface area contributed by atoms with Gasteiger partial charge in [0.2, 0.25) is 0 Å². The number of aromatic nitrogens is 3. The molecule has 0 amide bonds. The Balaban J connectivity index is 2.25. The molecule has 0 fully saturated rings. The molecular formula is C15H19N3O3S2. The van der Waals surface area contributed by atoms with E-state index in [4.69, 9.17) is 0 Å². The molecule has 1 aromatic heterocycles. The van der Waals surface area contributed by atoms with Crippen molar-refractivity contribution in [3.63, 3.8) is 0 Å². The molecule has 0 saturated heterocycles. The van der Waals surface area contributed by atoms with E-state index >= 15 is 0 Å². The second kappa shape index (κ2) is 7.27. The Morgan fingerprint density at radius 3 is 2.43 bits per heavy atom. The molecule has 23 heavy (non-hydrogen) atoms. The summed E-state index contributed by atoms with van der Waals surface area (Å²) in [7, 11) is -3.48. The second-order valence-electron chi connectivity index (χ2n) is 5.21. The molecule has 8 heteroatoms. The van der Waals surface area contributed by atoms with Gasteiger partial charge in [0.1, 0.15) is 17.4 Å². The minimum atomic E-state index is -3.48. The zero-order chi connectivity index (χ0) is 17.0. The van der Waals surface area contributed by atoms with Crippen molar-refractivity contribution >= 4 is 27.4 Å². The maximum Gasteiger partial charge on any atom is 0.191 e. The molecule has 6 nitrogen and oxygen atoms in total. The van der Waals surface area contributed by atoms with Gasteiger partial charge >= 0.3 is 0 Å². The van der Waals surface area contributed by atoms with Crippen molar-refractivity contribution in [2.75, 3.05) is 5.75 Å². The van der Waals surface area contributed by atoms with Crippen molar-refractivity contribution in [3.8, 4) is 0 Å². The van der Waals surface area contributed by atoms with Crippen LogP contribution < -0.4 is 0 Å². The molecule has 1 heterocycles. The molecule has 0 radical (unpaired) electrons. The van der Waals surface area contributed by atoms with Crippen molar-refractivity contribution in [2.45, 2.75) is 43.1 Å². The molecule has 0 aliphatic heterocycles. The van der Waals surface area contributed by atoms with Crippen molar-refractivity contribution in [1.82, 2.24) is 14.8 Å². The largest absolute Gasteiger partial charge is 0.305 e. The molecule has 0 N–H and O–H groups in total. The van der Waals surface area contributed by atoms with E-state index in [9.17, 15) is 13.2 Å². The Bertz CT molecular complexity index is 796. The van der Waals surface area contributed by atoms with E-state index in [0.717, 1.165) is 5.56 Å². The lowest BCUT2D eigenvalue weighted by Crippen LogP contribution is -2.11. The van der Waals surface area contributed by atoms with Gasteiger partial charge in [-0.1, -0.05) is 29.5 Å². The zero-order valence-electron chi connectivity index (χ0n) is 13.3. The lowest BCUT2D eigenvalue weighted by atomic mass is 10.2. The smallest absolute Gasteiger partial charge is 0.191 e. The maximum atomic E-state index is 12.5. The van der Waals surface area contributed by atoms with Gasteiger partial charge in [-0.2, -0.15) is 0 Å². The predicted molar refractivity (Wildman–Crippen MR) is 89.2 cm³/mol. The highest BCUT2D eigenvalue weighted by Crippen LogP contribution is 2.21. The third-order valence-corrected chi connectivity index (χ3v) is 5.95. The minimum Gasteiger partial charge on any atom is -0.305 e. The third-order valence-electron chi connectivity index (χ3n) is 3.21. The molecular weight excluding hydrogens is 334 g/mol. The highest BCUT2D eigenvalue weighted by Gasteiger charge is 2.21. The molecule has 0 unspecified atom stereocenters. The van der Waals surface area contributed by atoms with E-state index in [1.807, 2.05) is 13.8 Å². The van der Waals surface area contributed by atoms with Crippen LogP contribution in [-0.4, -0.2) is 34.7 Å². The van der Waals surface area contributed by atoms with Crippen LogP contribution in [0.3, 0.4) is 0 Å². The van der Waals surface area contributed by atoms with Crippen LogP contribution >= 0.6 is 11.8 Å². The summed E-state index contributed by atoms with van der Waals surface area (Å²) in [5, 5.41) is 8.57. The second-order valence-corrected chi connectivity index (χ2v) is 8.14. The summed E-state index contributed by atoms with van der Waals surface area (Å²) < 4.78 is 26.8. The van der Waals surface area contributed by atoms with Crippen molar-refractivity contribution < 1.29 is 13.2 Å². The summed E-state index contributed by atoms with van der Waals surface area (Å²) >= 11 is 1.27. The van der Waals surface area contributed by atoms with E-state index in [1.54, 1.807) is 28.8 Å². The highest BCUT2D eigenvalue weighted by atomic mass is 32.2. The highest BCUT2D eigenvalue weighted by molar-refractivity contribution is 7.99. The van der Waals surface area contributed by atoms with Gasteiger partial charge in [-0.3, -0.25) is 4.79 Å². The number of ketones is 1. The number of hydrogen-bond donors (Lipinski definition) is 0. The third kappa shape index (κ3) is 4.42. The molecule has 0 aliphatic rings. The fourth-order valence-electron chi connectivity index (χ4n) is 2.02. The zero-order valence-corrected chi connectivity index (χ0v) is 14.9. The van der Waals surface area contributed by atoms with Gasteiger partial charge in [-0.05, 0) is 32.9 Å². The predicted octanol–water partition coefficient (Wildman–Crippen LogP) is 2.26. The number of thioether (sulfide) groups is 1. The Morgan fingerprint density at radius 2 is 1.87 bits per heavy atom. The first-order valence-corrected chi connectivity index (χ1v) is 9.81. The number of Topliss-reactive ketones (excluding diaryl/α,β-unsaturated/α-hetero) is 1. The summed E-state index contributed by atoms with van der Waals surface area (Å²) in [6.45, 7) is 5.85. The quantitative estimate of drug-likeness (QED) is 0.710.